The number of nitrogens with one attached hydrogen (secondary N) is 1. The quantitative estimate of drug-likeness (QED) is 0.167. The van der Waals surface area contributed by atoms with Gasteiger partial charge in [0.2, 0.25) is 0 Å². The first-order valence-corrected chi connectivity index (χ1v) is 44.5. The summed E-state index contributed by atoms with van der Waals surface area (Å²) in [5, 5.41) is 4.45. The highest BCUT2D eigenvalue weighted by atomic mass is 15.2. The molecule has 23 rings (SSSR count). The number of benzene rings is 15. The van der Waals surface area contributed by atoms with E-state index in [1.807, 2.05) is 0 Å². The molecule has 0 saturated carbocycles. The average molecular weight is 1590 g/mol. The molecule has 123 heavy (non-hydrogen) atoms. The van der Waals surface area contributed by atoms with Gasteiger partial charge in [-0.2, -0.15) is 0 Å². The highest BCUT2D eigenvalue weighted by molar-refractivity contribution is 7.04. The van der Waals surface area contributed by atoms with Crippen LogP contribution in [0.3, 0.4) is 0 Å². The van der Waals surface area contributed by atoms with Crippen molar-refractivity contribution in [3.63, 3.8) is 0 Å². The van der Waals surface area contributed by atoms with E-state index < -0.39 is 0 Å². The van der Waals surface area contributed by atoms with Crippen molar-refractivity contribution >= 4 is 166 Å². The second-order valence-corrected chi connectivity index (χ2v) is 39.2. The normalized spacial score (nSPS) is 14.8. The van der Waals surface area contributed by atoms with Crippen molar-refractivity contribution in [2.24, 2.45) is 0 Å². The molecule has 0 bridgehead atoms. The number of para-hydroxylation sites is 4. The van der Waals surface area contributed by atoms with Gasteiger partial charge >= 0.3 is 0 Å². The van der Waals surface area contributed by atoms with Crippen molar-refractivity contribution in [2.75, 3.05) is 29.8 Å². The number of hydrogen-bond donors (Lipinski definition) is 1. The zero-order valence-electron chi connectivity index (χ0n) is 75.3. The summed E-state index contributed by atoms with van der Waals surface area (Å²) < 4.78 is 0. The lowest BCUT2D eigenvalue weighted by molar-refractivity contribution is 0.632. The van der Waals surface area contributed by atoms with Crippen molar-refractivity contribution in [3.05, 3.63) is 341 Å². The highest BCUT2D eigenvalue weighted by Crippen LogP contribution is 2.60. The Morgan fingerprint density at radius 3 is 0.846 bits per heavy atom. The van der Waals surface area contributed by atoms with Gasteiger partial charge in [-0.15, -0.1) is 0 Å². The second-order valence-electron chi connectivity index (χ2n) is 39.2. The number of nitrogens with zero attached hydrogens (tertiary/aromatic N) is 5. The third-order valence-corrected chi connectivity index (χ3v) is 29.8. The van der Waals surface area contributed by atoms with Gasteiger partial charge in [0.1, 0.15) is 0 Å². The fraction of sp³-hybridized carbons (Fsp3) is 0.211. The van der Waals surface area contributed by atoms with E-state index in [0.717, 1.165) is 11.4 Å². The minimum Gasteiger partial charge on any atom is -0.356 e. The Bertz CT molecular complexity index is 7250. The van der Waals surface area contributed by atoms with E-state index in [1.165, 1.54) is 290 Å². The van der Waals surface area contributed by atoms with Gasteiger partial charge in [0.25, 0.3) is 20.1 Å². The van der Waals surface area contributed by atoms with E-state index in [0.29, 0.717) is 0 Å². The van der Waals surface area contributed by atoms with Crippen molar-refractivity contribution in [1.29, 1.82) is 0 Å². The van der Waals surface area contributed by atoms with Crippen LogP contribution in [0, 0.1) is 125 Å². The van der Waals surface area contributed by atoms with Crippen LogP contribution in [0.2, 0.25) is 0 Å². The van der Waals surface area contributed by atoms with E-state index in [-0.39, 0.29) is 31.0 Å². The summed E-state index contributed by atoms with van der Waals surface area (Å²) in [6, 6.07) is 88.6. The zero-order valence-corrected chi connectivity index (χ0v) is 75.3. The standard InChI is InChI=1S/C114H103B3N6/c1-59-37-65(7)102(66(8)38-59)77-49-91-105-97(50-77)119-92-35-25-23-29-80(92)113(19,20)82-31-27-33-84(111(82)119)115(105)86-55-87-94(57-90(86)118-91)121(108-71(13)43-62(4)44-72(108)14)100-53-79(104-69(11)41-61(3)42-70(104)12)54-101-107(100)117(87)89-56-88-95(58-96(89)123(101)110-75(17)47-64(6)48-76(110)18)122(109-73(15)45-63(5)46-74(109)16)99-52-78(103-67(9)39-60(2)40-68(103)10)51-98-106(99)116(88)85-34-28-32-83-112(85)120(98)93-36-26-24-30-81(93)114(83,21)22/h23-58,118H,1-22H3. The van der Waals surface area contributed by atoms with Crippen molar-refractivity contribution in [2.45, 2.75) is 163 Å². The van der Waals surface area contributed by atoms with Crippen molar-refractivity contribution < 1.29 is 0 Å². The number of hydrogen-bond acceptors (Lipinski definition) is 6. The van der Waals surface area contributed by atoms with E-state index in [2.05, 4.69) is 401 Å². The molecular weight excluding hydrogens is 1490 g/mol. The smallest absolute Gasteiger partial charge is 0.252 e. The molecule has 8 aliphatic rings. The van der Waals surface area contributed by atoms with Crippen molar-refractivity contribution in [1.82, 2.24) is 0 Å². The van der Waals surface area contributed by atoms with Crippen molar-refractivity contribution in [3.8, 4) is 33.4 Å². The van der Waals surface area contributed by atoms with Crippen LogP contribution < -0.4 is 79.0 Å². The largest absolute Gasteiger partial charge is 0.356 e. The molecule has 1 N–H and O–H groups in total. The topological polar surface area (TPSA) is 28.2 Å². The minimum atomic E-state index is -0.326. The van der Waals surface area contributed by atoms with Crippen LogP contribution in [-0.2, 0) is 10.8 Å². The van der Waals surface area contributed by atoms with Gasteiger partial charge in [-0.3, -0.25) is 0 Å². The molecule has 0 spiro atoms. The summed E-state index contributed by atoms with van der Waals surface area (Å²) in [6.07, 6.45) is 0. The molecule has 0 unspecified atom stereocenters. The van der Waals surface area contributed by atoms with Gasteiger partial charge in [-0.1, -0.05) is 219 Å². The average Bonchev–Trinajstić information content (AvgIpc) is 0.673. The monoisotopic (exact) mass is 1590 g/mol. The van der Waals surface area contributed by atoms with Crippen LogP contribution in [0.4, 0.5) is 96.7 Å². The van der Waals surface area contributed by atoms with E-state index in [9.17, 15) is 0 Å². The maximum absolute atomic E-state index is 4.45. The van der Waals surface area contributed by atoms with Gasteiger partial charge in [0.05, 0.1) is 28.4 Å². The van der Waals surface area contributed by atoms with Crippen LogP contribution in [-0.4, -0.2) is 20.1 Å². The number of rotatable bonds is 6. The SMILES string of the molecule is Cc1cc(C)c(-c2cc3c4c(c2)N2c5ccccc5C(C)(C)c5cccc(c52)B4c2cc4c(cc2N3)N(c2c(C)cc(C)cc2C)c2cc(-c3c(C)cc(C)cc3C)cc3c2B4c2cc4c(cc2N3c2c(C)cc(C)cc2C)N(c2c(C)cc(C)cc2C)c2cc(-c3c(C)cc(C)cc3C)cc3c2B4c2cccc4c2N3c2ccccc2C4(C)C)c(C)c1. The van der Waals surface area contributed by atoms with Crippen LogP contribution in [0.25, 0.3) is 33.4 Å². The lowest BCUT2D eigenvalue weighted by atomic mass is 9.28. The number of fused-ring (bicyclic) bond motifs is 16. The summed E-state index contributed by atoms with van der Waals surface area (Å²) in [6.45, 7) is 50.9. The Morgan fingerprint density at radius 1 is 0.211 bits per heavy atom. The summed E-state index contributed by atoms with van der Waals surface area (Å²) in [4.78, 5) is 13.7. The Labute approximate surface area is 728 Å². The molecule has 9 heteroatoms. The molecule has 0 fully saturated rings. The first-order chi connectivity index (χ1) is 58.9. The zero-order chi connectivity index (χ0) is 85.0. The Balaban J connectivity index is 0.889. The molecule has 0 aliphatic carbocycles. The first-order valence-electron chi connectivity index (χ1n) is 44.5. The van der Waals surface area contributed by atoms with E-state index >= 15 is 0 Å². The first kappa shape index (κ1) is 75.3. The van der Waals surface area contributed by atoms with Crippen LogP contribution >= 0.6 is 0 Å². The maximum atomic E-state index is 4.45. The van der Waals surface area contributed by atoms with E-state index in [4.69, 9.17) is 0 Å². The fourth-order valence-corrected chi connectivity index (χ4v) is 25.8. The predicted molar refractivity (Wildman–Crippen MR) is 529 cm³/mol. The molecule has 598 valence electrons. The summed E-state index contributed by atoms with van der Waals surface area (Å²) in [5.41, 5.74) is 67.3. The lowest BCUT2D eigenvalue weighted by Gasteiger charge is -2.51. The Kier molecular flexibility index (Phi) is 15.9. The molecule has 15 aromatic rings. The Morgan fingerprint density at radius 2 is 0.488 bits per heavy atom. The number of aryl methyl sites for hydroxylation is 18. The molecule has 0 saturated heterocycles. The molecule has 0 radical (unpaired) electrons. The van der Waals surface area contributed by atoms with Gasteiger partial charge < -0.3 is 29.8 Å². The Hall–Kier alpha value is -12.7. The maximum Gasteiger partial charge on any atom is 0.252 e. The second kappa shape index (κ2) is 25.9. The van der Waals surface area contributed by atoms with Gasteiger partial charge in [0.15, 0.2) is 0 Å². The molecule has 6 nitrogen and oxygen atoms in total. The van der Waals surface area contributed by atoms with E-state index in [1.54, 1.807) is 0 Å². The van der Waals surface area contributed by atoms with Crippen LogP contribution in [0.15, 0.2) is 218 Å². The molecular formula is C114H103B3N6. The third kappa shape index (κ3) is 10.3. The minimum absolute atomic E-state index is 0.156. The van der Waals surface area contributed by atoms with Crippen LogP contribution in [0.5, 0.6) is 0 Å². The number of anilines is 17. The summed E-state index contributed by atoms with van der Waals surface area (Å²) in [7, 11) is 0. The van der Waals surface area contributed by atoms with Crippen LogP contribution in [0.1, 0.15) is 150 Å². The van der Waals surface area contributed by atoms with Gasteiger partial charge in [-0.05, 0) is 357 Å². The molecule has 0 aromatic heterocycles. The fourth-order valence-electron chi connectivity index (χ4n) is 25.8. The molecule has 8 heterocycles. The van der Waals surface area contributed by atoms with Gasteiger partial charge in [-0.25, -0.2) is 0 Å². The molecule has 0 amide bonds. The van der Waals surface area contributed by atoms with Gasteiger partial charge in [0, 0.05) is 79.1 Å². The summed E-state index contributed by atoms with van der Waals surface area (Å²) >= 11 is 0. The predicted octanol–water partition coefficient (Wildman–Crippen LogP) is 24.0. The molecule has 8 aliphatic heterocycles. The summed E-state index contributed by atoms with van der Waals surface area (Å²) in [5.74, 6) is 0. The third-order valence-electron chi connectivity index (χ3n) is 29.8. The lowest BCUT2D eigenvalue weighted by Crippen LogP contribution is -2.67. The molecule has 0 atom stereocenters. The highest BCUT2D eigenvalue weighted by Gasteiger charge is 2.54. The molecule has 15 aromatic carbocycles.